The fourth-order valence-electron chi connectivity index (χ4n) is 1.32. The Hall–Kier alpha value is -0.720. The second kappa shape index (κ2) is 2.65. The summed E-state index contributed by atoms with van der Waals surface area (Å²) in [5.74, 6) is 0.480. The van der Waals surface area contributed by atoms with E-state index in [4.69, 9.17) is 0 Å². The van der Waals surface area contributed by atoms with E-state index in [1.54, 1.807) is 12.2 Å². The van der Waals surface area contributed by atoms with Crippen LogP contribution in [0.2, 0.25) is 0 Å². The van der Waals surface area contributed by atoms with Crippen molar-refractivity contribution in [1.82, 2.24) is 0 Å². The molecule has 1 radical (unpaired) electrons. The van der Waals surface area contributed by atoms with E-state index in [2.05, 4.69) is 33.8 Å². The molecule has 1 unspecified atom stereocenters. The molecule has 67 valence electrons. The molecule has 0 aromatic rings. The molecule has 1 atom stereocenters. The van der Waals surface area contributed by atoms with Crippen LogP contribution in [0.4, 0.5) is 0 Å². The molecule has 0 bridgehead atoms. The molecule has 12 heavy (non-hydrogen) atoms. The number of hydrogen-bond acceptors (Lipinski definition) is 1. The van der Waals surface area contributed by atoms with Gasteiger partial charge in [-0.3, -0.25) is 0 Å². The van der Waals surface area contributed by atoms with Crippen LogP contribution in [-0.2, 0) is 0 Å². The van der Waals surface area contributed by atoms with Crippen molar-refractivity contribution in [2.24, 2.45) is 10.8 Å². The van der Waals surface area contributed by atoms with E-state index < -0.39 is 0 Å². The van der Waals surface area contributed by atoms with Gasteiger partial charge in [0.2, 0.25) is 0 Å². The van der Waals surface area contributed by atoms with Gasteiger partial charge < -0.3 is 5.11 Å². The Morgan fingerprint density at radius 1 is 1.50 bits per heavy atom. The summed E-state index contributed by atoms with van der Waals surface area (Å²) in [5, 5.41) is 9.75. The van der Waals surface area contributed by atoms with Crippen LogP contribution in [0, 0.1) is 16.9 Å². The summed E-state index contributed by atoms with van der Waals surface area (Å²) < 4.78 is 0. The van der Waals surface area contributed by atoms with Crippen molar-refractivity contribution in [3.63, 3.8) is 0 Å². The Morgan fingerprint density at radius 3 is 2.42 bits per heavy atom. The second-order valence-electron chi connectivity index (χ2n) is 4.68. The first-order chi connectivity index (χ1) is 5.38. The molecule has 1 rings (SSSR count). The van der Waals surface area contributed by atoms with Crippen LogP contribution >= 0.6 is 0 Å². The van der Waals surface area contributed by atoms with Crippen LogP contribution in [0.3, 0.4) is 0 Å². The van der Waals surface area contributed by atoms with Crippen molar-refractivity contribution in [3.8, 4) is 0 Å². The van der Waals surface area contributed by atoms with Gasteiger partial charge in [0.15, 0.2) is 0 Å². The summed E-state index contributed by atoms with van der Waals surface area (Å²) in [6, 6.07) is 0. The minimum atomic E-state index is -0.151. The predicted molar refractivity (Wildman–Crippen MR) is 50.7 cm³/mol. The van der Waals surface area contributed by atoms with Crippen LogP contribution in [0.15, 0.2) is 17.9 Å². The SMILES string of the molecule is CC(C)(C)C1(C)C[C]=CC=C1O. The molecule has 1 aliphatic rings. The lowest BCUT2D eigenvalue weighted by Gasteiger charge is -2.41. The van der Waals surface area contributed by atoms with Crippen LogP contribution in [0.1, 0.15) is 34.1 Å². The van der Waals surface area contributed by atoms with Crippen molar-refractivity contribution in [2.45, 2.75) is 34.1 Å². The largest absolute Gasteiger partial charge is 0.512 e. The zero-order chi connectivity index (χ0) is 9.41. The monoisotopic (exact) mass is 165 g/mol. The molecule has 0 aromatic carbocycles. The van der Waals surface area contributed by atoms with Crippen LogP contribution in [-0.4, -0.2) is 5.11 Å². The van der Waals surface area contributed by atoms with Gasteiger partial charge in [0.25, 0.3) is 0 Å². The van der Waals surface area contributed by atoms with Gasteiger partial charge in [-0.15, -0.1) is 0 Å². The minimum Gasteiger partial charge on any atom is -0.512 e. The molecule has 1 nitrogen and oxygen atoms in total. The van der Waals surface area contributed by atoms with Crippen molar-refractivity contribution in [1.29, 1.82) is 0 Å². The smallest absolute Gasteiger partial charge is 0.0990 e. The summed E-state index contributed by atoms with van der Waals surface area (Å²) >= 11 is 0. The lowest BCUT2D eigenvalue weighted by molar-refractivity contribution is 0.0925. The maximum absolute atomic E-state index is 9.75. The van der Waals surface area contributed by atoms with Gasteiger partial charge in [-0.25, -0.2) is 0 Å². The highest BCUT2D eigenvalue weighted by atomic mass is 16.3. The molecule has 1 N–H and O–H groups in total. The lowest BCUT2D eigenvalue weighted by Crippen LogP contribution is -2.35. The number of aliphatic hydroxyl groups excluding tert-OH is 1. The standard InChI is InChI=1S/C11H17O/c1-10(2,3)11(4)8-6-5-7-9(11)12/h5,7,12H,8H2,1-4H3. The number of rotatable bonds is 0. The van der Waals surface area contributed by atoms with Gasteiger partial charge in [0, 0.05) is 5.41 Å². The summed E-state index contributed by atoms with van der Waals surface area (Å²) in [6.07, 6.45) is 7.49. The van der Waals surface area contributed by atoms with E-state index in [0.29, 0.717) is 5.76 Å². The van der Waals surface area contributed by atoms with Crippen LogP contribution in [0.5, 0.6) is 0 Å². The third-order valence-electron chi connectivity index (χ3n) is 3.04. The van der Waals surface area contributed by atoms with Crippen molar-refractivity contribution < 1.29 is 5.11 Å². The lowest BCUT2D eigenvalue weighted by atomic mass is 9.63. The van der Waals surface area contributed by atoms with Gasteiger partial charge in [-0.1, -0.05) is 33.8 Å². The third-order valence-corrected chi connectivity index (χ3v) is 3.04. The molecule has 0 spiro atoms. The van der Waals surface area contributed by atoms with Crippen LogP contribution in [0.25, 0.3) is 0 Å². The first-order valence-corrected chi connectivity index (χ1v) is 4.34. The molecule has 0 saturated heterocycles. The van der Waals surface area contributed by atoms with Crippen molar-refractivity contribution >= 4 is 0 Å². The van der Waals surface area contributed by atoms with E-state index in [0.717, 1.165) is 6.42 Å². The second-order valence-corrected chi connectivity index (χ2v) is 4.68. The topological polar surface area (TPSA) is 20.2 Å². The fourth-order valence-corrected chi connectivity index (χ4v) is 1.32. The summed E-state index contributed by atoms with van der Waals surface area (Å²) in [7, 11) is 0. The molecule has 1 aliphatic carbocycles. The summed E-state index contributed by atoms with van der Waals surface area (Å²) in [4.78, 5) is 0. The molecule has 0 fully saturated rings. The molecular weight excluding hydrogens is 148 g/mol. The molecule has 0 aromatic heterocycles. The zero-order valence-corrected chi connectivity index (χ0v) is 8.31. The third kappa shape index (κ3) is 1.28. The van der Waals surface area contributed by atoms with Crippen molar-refractivity contribution in [2.75, 3.05) is 0 Å². The molecule has 0 heterocycles. The molecule has 0 amide bonds. The number of hydrogen-bond donors (Lipinski definition) is 1. The Bertz CT molecular complexity index is 230. The fraction of sp³-hybridized carbons (Fsp3) is 0.636. The molecule has 0 saturated carbocycles. The molecule has 0 aliphatic heterocycles. The van der Waals surface area contributed by atoms with Gasteiger partial charge in [0.1, 0.15) is 0 Å². The molecular formula is C11H17O. The first kappa shape index (κ1) is 9.37. The Morgan fingerprint density at radius 2 is 2.08 bits per heavy atom. The van der Waals surface area contributed by atoms with E-state index >= 15 is 0 Å². The van der Waals surface area contributed by atoms with E-state index in [-0.39, 0.29) is 10.8 Å². The van der Waals surface area contributed by atoms with Gasteiger partial charge in [0.05, 0.1) is 5.76 Å². The Balaban J connectivity index is 3.01. The first-order valence-electron chi connectivity index (χ1n) is 4.34. The average molecular weight is 165 g/mol. The summed E-state index contributed by atoms with van der Waals surface area (Å²) in [5.41, 5.74) is -0.0728. The maximum Gasteiger partial charge on any atom is 0.0990 e. The predicted octanol–water partition coefficient (Wildman–Crippen LogP) is 3.24. The highest BCUT2D eigenvalue weighted by Gasteiger charge is 2.40. The maximum atomic E-state index is 9.75. The highest BCUT2D eigenvalue weighted by molar-refractivity contribution is 5.20. The van der Waals surface area contributed by atoms with E-state index in [1.807, 2.05) is 0 Å². The van der Waals surface area contributed by atoms with E-state index in [1.165, 1.54) is 0 Å². The van der Waals surface area contributed by atoms with Crippen LogP contribution < -0.4 is 0 Å². The molecule has 1 heteroatoms. The number of aliphatic hydroxyl groups is 1. The Labute approximate surface area is 74.8 Å². The summed E-state index contributed by atoms with van der Waals surface area (Å²) in [6.45, 7) is 8.51. The van der Waals surface area contributed by atoms with E-state index in [9.17, 15) is 5.11 Å². The normalized spacial score (nSPS) is 30.2. The van der Waals surface area contributed by atoms with Gasteiger partial charge in [-0.2, -0.15) is 0 Å². The zero-order valence-electron chi connectivity index (χ0n) is 8.31. The quantitative estimate of drug-likeness (QED) is 0.584. The average Bonchev–Trinajstić information content (AvgIpc) is 1.93. The Kier molecular flexibility index (Phi) is 2.07. The highest BCUT2D eigenvalue weighted by Crippen LogP contribution is 2.47. The van der Waals surface area contributed by atoms with Gasteiger partial charge >= 0.3 is 0 Å². The minimum absolute atomic E-state index is 0.0782. The van der Waals surface area contributed by atoms with Crippen molar-refractivity contribution in [3.05, 3.63) is 24.0 Å². The number of allylic oxidation sites excluding steroid dienone is 4. The van der Waals surface area contributed by atoms with Gasteiger partial charge in [-0.05, 0) is 24.0 Å².